The number of hydrogen-bond donors (Lipinski definition) is 0. The Kier molecular flexibility index (Phi) is 6.20. The van der Waals surface area contributed by atoms with Crippen molar-refractivity contribution in [1.82, 2.24) is 4.98 Å². The van der Waals surface area contributed by atoms with Crippen molar-refractivity contribution < 1.29 is 9.53 Å². The first kappa shape index (κ1) is 20.3. The van der Waals surface area contributed by atoms with Crippen LogP contribution >= 0.6 is 0 Å². The number of pyridine rings is 1. The zero-order valence-corrected chi connectivity index (χ0v) is 17.8. The van der Waals surface area contributed by atoms with Crippen LogP contribution in [0.5, 0.6) is 0 Å². The lowest BCUT2D eigenvalue weighted by atomic mass is 9.80. The fraction of sp³-hybridized carbons (Fsp3) is 0.667. The minimum atomic E-state index is -0.0936. The van der Waals surface area contributed by atoms with Crippen LogP contribution in [0.2, 0.25) is 0 Å². The van der Waals surface area contributed by atoms with Crippen LogP contribution in [-0.4, -0.2) is 23.0 Å². The maximum atomic E-state index is 13.1. The number of ketones is 1. The van der Waals surface area contributed by atoms with Crippen LogP contribution in [-0.2, 0) is 30.4 Å². The summed E-state index contributed by atoms with van der Waals surface area (Å²) in [7, 11) is 0. The molecule has 0 aromatic carbocycles. The van der Waals surface area contributed by atoms with Gasteiger partial charge >= 0.3 is 0 Å². The highest BCUT2D eigenvalue weighted by Crippen LogP contribution is 2.34. The molecule has 1 aromatic heterocycles. The van der Waals surface area contributed by atoms with Crippen LogP contribution in [0.1, 0.15) is 93.2 Å². The molecule has 27 heavy (non-hydrogen) atoms. The van der Waals surface area contributed by atoms with E-state index in [4.69, 9.17) is 9.72 Å². The summed E-state index contributed by atoms with van der Waals surface area (Å²) in [6.07, 6.45) is 10.5. The number of aromatic nitrogens is 1. The van der Waals surface area contributed by atoms with E-state index in [9.17, 15) is 4.79 Å². The molecule has 0 fully saturated rings. The van der Waals surface area contributed by atoms with Crippen molar-refractivity contribution in [3.63, 3.8) is 0 Å². The van der Waals surface area contributed by atoms with Gasteiger partial charge in [-0.1, -0.05) is 19.9 Å². The Labute approximate surface area is 164 Å². The summed E-state index contributed by atoms with van der Waals surface area (Å²) >= 11 is 0. The minimum Gasteiger partial charge on any atom is -0.376 e. The highest BCUT2D eigenvalue weighted by atomic mass is 16.5. The van der Waals surface area contributed by atoms with Gasteiger partial charge in [0.25, 0.3) is 0 Å². The molecule has 0 atom stereocenters. The predicted molar refractivity (Wildman–Crippen MR) is 110 cm³/mol. The van der Waals surface area contributed by atoms with E-state index in [1.54, 1.807) is 0 Å². The van der Waals surface area contributed by atoms with Gasteiger partial charge in [0.05, 0.1) is 5.60 Å². The summed E-state index contributed by atoms with van der Waals surface area (Å²) in [5.41, 5.74) is 6.90. The van der Waals surface area contributed by atoms with E-state index in [1.165, 1.54) is 35.2 Å². The number of aryl methyl sites for hydroxylation is 1. The third-order valence-electron chi connectivity index (χ3n) is 5.49. The summed E-state index contributed by atoms with van der Waals surface area (Å²) in [6.45, 7) is 11.3. The molecule has 0 saturated carbocycles. The fourth-order valence-electron chi connectivity index (χ4n) is 4.34. The molecule has 3 heteroatoms. The molecule has 1 aromatic rings. The Bertz CT molecular complexity index is 738. The number of hydrogen-bond acceptors (Lipinski definition) is 3. The Morgan fingerprint density at radius 3 is 2.52 bits per heavy atom. The van der Waals surface area contributed by atoms with Gasteiger partial charge in [-0.25, -0.2) is 4.98 Å². The molecule has 0 unspecified atom stereocenters. The predicted octanol–water partition coefficient (Wildman–Crippen LogP) is 5.42. The Balaban J connectivity index is 1.91. The van der Waals surface area contributed by atoms with Gasteiger partial charge in [0.1, 0.15) is 5.69 Å². The Morgan fingerprint density at radius 1 is 1.07 bits per heavy atom. The molecule has 2 aliphatic carbocycles. The van der Waals surface area contributed by atoms with Crippen LogP contribution in [0.4, 0.5) is 0 Å². The van der Waals surface area contributed by atoms with Crippen LogP contribution in [0.3, 0.4) is 0 Å². The maximum Gasteiger partial charge on any atom is 0.207 e. The van der Waals surface area contributed by atoms with E-state index in [0.29, 0.717) is 5.92 Å². The zero-order valence-electron chi connectivity index (χ0n) is 17.8. The average molecular weight is 370 g/mol. The first-order valence-corrected chi connectivity index (χ1v) is 10.7. The molecule has 2 aliphatic rings. The van der Waals surface area contributed by atoms with Crippen LogP contribution in [0.25, 0.3) is 0 Å². The van der Waals surface area contributed by atoms with Crippen molar-refractivity contribution in [3.8, 4) is 0 Å². The van der Waals surface area contributed by atoms with E-state index in [1.807, 2.05) is 0 Å². The standard InChI is InChI=1S/C24H35NO2/c1-16(2)15-17-12-13-20-18(10-8-14-27-24(3,4)5)19-9-6-7-11-21(19)25-22(20)23(17)26/h15-16H,6-14H2,1-5H3/b17-15+. The van der Waals surface area contributed by atoms with Gasteiger partial charge in [-0.15, -0.1) is 0 Å². The van der Waals surface area contributed by atoms with Gasteiger partial charge in [-0.05, 0) is 100 Å². The lowest BCUT2D eigenvalue weighted by molar-refractivity contribution is -0.00387. The van der Waals surface area contributed by atoms with Crippen molar-refractivity contribution in [2.45, 2.75) is 91.6 Å². The van der Waals surface area contributed by atoms with Crippen molar-refractivity contribution in [2.75, 3.05) is 6.61 Å². The number of rotatable bonds is 5. The molecule has 1 heterocycles. The highest BCUT2D eigenvalue weighted by molar-refractivity contribution is 6.09. The van der Waals surface area contributed by atoms with Gasteiger partial charge in [-0.2, -0.15) is 0 Å². The molecule has 148 valence electrons. The molecule has 0 spiro atoms. The molecular formula is C24H35NO2. The second-order valence-electron chi connectivity index (χ2n) is 9.38. The summed E-state index contributed by atoms with van der Waals surface area (Å²) in [6, 6.07) is 0. The number of Topliss-reactive ketones (excluding diaryl/α,β-unsaturated/α-hetero) is 1. The molecule has 3 nitrogen and oxygen atoms in total. The highest BCUT2D eigenvalue weighted by Gasteiger charge is 2.29. The second kappa shape index (κ2) is 8.26. The number of carbonyl (C=O) groups excluding carboxylic acids is 1. The summed E-state index contributed by atoms with van der Waals surface area (Å²) in [5.74, 6) is 0.572. The van der Waals surface area contributed by atoms with Crippen molar-refractivity contribution >= 4 is 5.78 Å². The van der Waals surface area contributed by atoms with E-state index >= 15 is 0 Å². The summed E-state index contributed by atoms with van der Waals surface area (Å²) < 4.78 is 5.93. The van der Waals surface area contributed by atoms with Crippen LogP contribution in [0, 0.1) is 5.92 Å². The van der Waals surface area contributed by atoms with E-state index < -0.39 is 0 Å². The lowest BCUT2D eigenvalue weighted by Gasteiger charge is -2.27. The average Bonchev–Trinajstić information content (AvgIpc) is 2.59. The molecule has 0 saturated heterocycles. The monoisotopic (exact) mass is 369 g/mol. The van der Waals surface area contributed by atoms with Crippen molar-refractivity contribution in [2.24, 2.45) is 5.92 Å². The minimum absolute atomic E-state index is 0.0936. The molecule has 0 bridgehead atoms. The topological polar surface area (TPSA) is 39.2 Å². The lowest BCUT2D eigenvalue weighted by Crippen LogP contribution is -2.24. The van der Waals surface area contributed by atoms with Crippen LogP contribution in [0.15, 0.2) is 11.6 Å². The quantitative estimate of drug-likeness (QED) is 0.514. The van der Waals surface area contributed by atoms with Gasteiger partial charge in [-0.3, -0.25) is 4.79 Å². The SMILES string of the molecule is CC(C)/C=C1\CCc2c(nc3c(c2CCCOC(C)(C)C)CCCC3)C1=O. The molecule has 0 N–H and O–H groups in total. The number of fused-ring (bicyclic) bond motifs is 2. The molecule has 3 rings (SSSR count). The summed E-state index contributed by atoms with van der Waals surface area (Å²) in [4.78, 5) is 18.0. The fourth-order valence-corrected chi connectivity index (χ4v) is 4.34. The first-order valence-electron chi connectivity index (χ1n) is 10.7. The molecular weight excluding hydrogens is 334 g/mol. The Morgan fingerprint density at radius 2 is 1.81 bits per heavy atom. The number of ether oxygens (including phenoxy) is 1. The maximum absolute atomic E-state index is 13.1. The largest absolute Gasteiger partial charge is 0.376 e. The number of carbonyl (C=O) groups is 1. The normalized spacial score (nSPS) is 18.7. The van der Waals surface area contributed by atoms with Crippen LogP contribution < -0.4 is 0 Å². The second-order valence-corrected chi connectivity index (χ2v) is 9.38. The van der Waals surface area contributed by atoms with E-state index in [2.05, 4.69) is 40.7 Å². The van der Waals surface area contributed by atoms with Gasteiger partial charge in [0.15, 0.2) is 0 Å². The number of nitrogens with zero attached hydrogens (tertiary/aromatic N) is 1. The zero-order chi connectivity index (χ0) is 19.6. The van der Waals surface area contributed by atoms with Crippen molar-refractivity contribution in [3.05, 3.63) is 39.7 Å². The number of allylic oxidation sites excluding steroid dienone is 2. The molecule has 0 amide bonds. The molecule has 0 radical (unpaired) electrons. The van der Waals surface area contributed by atoms with E-state index in [0.717, 1.165) is 56.4 Å². The van der Waals surface area contributed by atoms with E-state index in [-0.39, 0.29) is 11.4 Å². The molecule has 0 aliphatic heterocycles. The summed E-state index contributed by atoms with van der Waals surface area (Å²) in [5, 5.41) is 0. The smallest absolute Gasteiger partial charge is 0.207 e. The third kappa shape index (κ3) is 4.87. The first-order chi connectivity index (χ1) is 12.8. The van der Waals surface area contributed by atoms with Gasteiger partial charge in [0.2, 0.25) is 5.78 Å². The Hall–Kier alpha value is -1.48. The third-order valence-corrected chi connectivity index (χ3v) is 5.49. The van der Waals surface area contributed by atoms with Gasteiger partial charge in [0, 0.05) is 12.3 Å². The van der Waals surface area contributed by atoms with Gasteiger partial charge < -0.3 is 4.74 Å². The van der Waals surface area contributed by atoms with Crippen molar-refractivity contribution in [1.29, 1.82) is 0 Å².